The summed E-state index contributed by atoms with van der Waals surface area (Å²) < 4.78 is 51.4. The largest absolute Gasteiger partial charge is 0.497 e. The number of anilines is 1. The first-order valence-corrected chi connectivity index (χ1v) is 9.94. The lowest BCUT2D eigenvalue weighted by molar-refractivity contribution is -0.173. The molecule has 0 spiro atoms. The second-order valence-corrected chi connectivity index (χ2v) is 7.00. The van der Waals surface area contributed by atoms with Crippen molar-refractivity contribution in [2.75, 3.05) is 59.0 Å². The Bertz CT molecular complexity index is 656. The smallest absolute Gasteiger partial charge is 0.411 e. The van der Waals surface area contributed by atoms with Crippen LogP contribution in [0.4, 0.5) is 18.9 Å². The number of halogens is 3. The van der Waals surface area contributed by atoms with Crippen molar-refractivity contribution >= 4 is 11.6 Å². The van der Waals surface area contributed by atoms with E-state index in [2.05, 4.69) is 25.3 Å². The molecule has 10 heteroatoms. The molecular formula is C20H31F3N4O3. The van der Waals surface area contributed by atoms with Crippen LogP contribution in [-0.2, 0) is 4.74 Å². The van der Waals surface area contributed by atoms with Gasteiger partial charge in [0.15, 0.2) is 5.96 Å². The van der Waals surface area contributed by atoms with Crippen LogP contribution in [0.2, 0.25) is 0 Å². The van der Waals surface area contributed by atoms with Gasteiger partial charge in [0, 0.05) is 63.2 Å². The second-order valence-electron chi connectivity index (χ2n) is 7.00. The van der Waals surface area contributed by atoms with Gasteiger partial charge in [-0.25, -0.2) is 0 Å². The number of aliphatic imine (C=N–C) groups is 1. The lowest BCUT2D eigenvalue weighted by Crippen LogP contribution is -2.49. The molecule has 2 N–H and O–H groups in total. The van der Waals surface area contributed by atoms with Crippen molar-refractivity contribution in [3.8, 4) is 11.5 Å². The fraction of sp³-hybridized carbons (Fsp3) is 0.650. The number of piperidine rings is 1. The van der Waals surface area contributed by atoms with Gasteiger partial charge in [-0.1, -0.05) is 0 Å². The molecule has 0 amide bonds. The van der Waals surface area contributed by atoms with Gasteiger partial charge in [0.25, 0.3) is 0 Å². The number of hydrogen-bond donors (Lipinski definition) is 2. The van der Waals surface area contributed by atoms with Crippen LogP contribution >= 0.6 is 0 Å². The summed E-state index contributed by atoms with van der Waals surface area (Å²) in [7, 11) is 4.94. The normalized spacial score (nSPS) is 15.8. The fourth-order valence-corrected chi connectivity index (χ4v) is 3.21. The Morgan fingerprint density at radius 1 is 1.13 bits per heavy atom. The van der Waals surface area contributed by atoms with Gasteiger partial charge in [0.2, 0.25) is 0 Å². The highest BCUT2D eigenvalue weighted by Gasteiger charge is 2.27. The summed E-state index contributed by atoms with van der Waals surface area (Å²) in [5, 5.41) is 6.50. The molecule has 1 heterocycles. The Morgan fingerprint density at radius 3 is 2.30 bits per heavy atom. The topological polar surface area (TPSA) is 67.4 Å². The molecule has 0 radical (unpaired) electrons. The average molecular weight is 432 g/mol. The third-order valence-corrected chi connectivity index (χ3v) is 4.78. The molecule has 0 atom stereocenters. The quantitative estimate of drug-likeness (QED) is 0.355. The monoisotopic (exact) mass is 432 g/mol. The molecule has 1 fully saturated rings. The van der Waals surface area contributed by atoms with Crippen LogP contribution in [0.25, 0.3) is 0 Å². The van der Waals surface area contributed by atoms with Crippen molar-refractivity contribution in [2.45, 2.75) is 31.5 Å². The maximum Gasteiger partial charge on any atom is 0.411 e. The van der Waals surface area contributed by atoms with E-state index in [1.165, 1.54) is 0 Å². The molecule has 0 aromatic heterocycles. The molecular weight excluding hydrogens is 401 g/mol. The van der Waals surface area contributed by atoms with Gasteiger partial charge in [0.05, 0.1) is 14.2 Å². The number of hydrogen-bond acceptors (Lipinski definition) is 5. The molecule has 0 unspecified atom stereocenters. The second kappa shape index (κ2) is 11.7. The van der Waals surface area contributed by atoms with Gasteiger partial charge in [-0.3, -0.25) is 4.99 Å². The fourth-order valence-electron chi connectivity index (χ4n) is 3.21. The molecule has 1 aliphatic heterocycles. The lowest BCUT2D eigenvalue weighted by atomic mass is 10.0. The number of nitrogens with one attached hydrogen (secondary N) is 2. The molecule has 7 nitrogen and oxygen atoms in total. The van der Waals surface area contributed by atoms with E-state index >= 15 is 0 Å². The highest BCUT2D eigenvalue weighted by atomic mass is 19.4. The van der Waals surface area contributed by atoms with E-state index in [-0.39, 0.29) is 12.6 Å². The van der Waals surface area contributed by atoms with E-state index < -0.39 is 12.8 Å². The number of alkyl halides is 3. The molecule has 1 saturated heterocycles. The predicted octanol–water partition coefficient (Wildman–Crippen LogP) is 2.81. The standard InChI is InChI=1S/C20H31F3N4O3/c1-24-19(25-7-4-10-30-14-20(21,22)23)26-15-5-8-27(9-6-15)16-11-17(28-2)13-18(12-16)29-3/h11-13,15H,4-10,14H2,1-3H3,(H2,24,25,26). The number of rotatable bonds is 9. The summed E-state index contributed by atoms with van der Waals surface area (Å²) >= 11 is 0. The van der Waals surface area contributed by atoms with Crippen molar-refractivity contribution in [2.24, 2.45) is 4.99 Å². The van der Waals surface area contributed by atoms with E-state index in [0.717, 1.165) is 43.1 Å². The van der Waals surface area contributed by atoms with Gasteiger partial charge < -0.3 is 29.7 Å². The number of benzene rings is 1. The number of methoxy groups -OCH3 is 2. The van der Waals surface area contributed by atoms with Gasteiger partial charge in [-0.15, -0.1) is 0 Å². The molecule has 30 heavy (non-hydrogen) atoms. The Morgan fingerprint density at radius 2 is 1.77 bits per heavy atom. The number of guanidine groups is 1. The molecule has 1 aliphatic rings. The van der Waals surface area contributed by atoms with Crippen molar-refractivity contribution in [3.63, 3.8) is 0 Å². The minimum absolute atomic E-state index is 0.0475. The summed E-state index contributed by atoms with van der Waals surface area (Å²) in [5.41, 5.74) is 1.06. The SMILES string of the molecule is CN=C(NCCCOCC(F)(F)F)NC1CCN(c2cc(OC)cc(OC)c2)CC1. The molecule has 0 bridgehead atoms. The van der Waals surface area contributed by atoms with Crippen molar-refractivity contribution in [3.05, 3.63) is 18.2 Å². The highest BCUT2D eigenvalue weighted by Crippen LogP contribution is 2.30. The Balaban J connectivity index is 1.73. The maximum absolute atomic E-state index is 12.0. The van der Waals surface area contributed by atoms with Crippen LogP contribution in [-0.4, -0.2) is 72.3 Å². The van der Waals surface area contributed by atoms with E-state index in [0.29, 0.717) is 18.9 Å². The highest BCUT2D eigenvalue weighted by molar-refractivity contribution is 5.80. The lowest BCUT2D eigenvalue weighted by Gasteiger charge is -2.34. The summed E-state index contributed by atoms with van der Waals surface area (Å²) in [4.78, 5) is 6.48. The van der Waals surface area contributed by atoms with Crippen LogP contribution in [0.1, 0.15) is 19.3 Å². The van der Waals surface area contributed by atoms with E-state index in [4.69, 9.17) is 9.47 Å². The first-order valence-electron chi connectivity index (χ1n) is 9.94. The van der Waals surface area contributed by atoms with Crippen molar-refractivity contribution < 1.29 is 27.4 Å². The van der Waals surface area contributed by atoms with E-state index in [9.17, 15) is 13.2 Å². The first kappa shape index (κ1) is 23.9. The van der Waals surface area contributed by atoms with Gasteiger partial charge in [-0.2, -0.15) is 13.2 Å². The average Bonchev–Trinajstić information content (AvgIpc) is 2.74. The number of nitrogens with zero attached hydrogens (tertiary/aromatic N) is 2. The Labute approximate surface area is 175 Å². The van der Waals surface area contributed by atoms with Crippen molar-refractivity contribution in [1.29, 1.82) is 0 Å². The first-order chi connectivity index (χ1) is 14.3. The van der Waals surface area contributed by atoms with E-state index in [1.807, 2.05) is 18.2 Å². The van der Waals surface area contributed by atoms with Crippen molar-refractivity contribution in [1.82, 2.24) is 10.6 Å². The summed E-state index contributed by atoms with van der Waals surface area (Å²) in [5.74, 6) is 2.16. The molecule has 1 aromatic rings. The predicted molar refractivity (Wildman–Crippen MR) is 111 cm³/mol. The minimum atomic E-state index is -4.28. The summed E-state index contributed by atoms with van der Waals surface area (Å²) in [6.45, 7) is 1.07. The minimum Gasteiger partial charge on any atom is -0.497 e. The van der Waals surface area contributed by atoms with E-state index in [1.54, 1.807) is 21.3 Å². The molecule has 0 saturated carbocycles. The summed E-state index contributed by atoms with van der Waals surface area (Å²) in [6, 6.07) is 6.11. The van der Waals surface area contributed by atoms with Crippen LogP contribution in [0.3, 0.4) is 0 Å². The van der Waals surface area contributed by atoms with Crippen LogP contribution in [0.15, 0.2) is 23.2 Å². The van der Waals surface area contributed by atoms with Gasteiger partial charge >= 0.3 is 6.18 Å². The number of ether oxygens (including phenoxy) is 3. The zero-order valence-electron chi connectivity index (χ0n) is 17.7. The Kier molecular flexibility index (Phi) is 9.35. The van der Waals surface area contributed by atoms with Gasteiger partial charge in [0.1, 0.15) is 18.1 Å². The van der Waals surface area contributed by atoms with Crippen LogP contribution < -0.4 is 25.0 Å². The Hall–Kier alpha value is -2.36. The third-order valence-electron chi connectivity index (χ3n) is 4.78. The molecule has 170 valence electrons. The maximum atomic E-state index is 12.0. The molecule has 2 rings (SSSR count). The van der Waals surface area contributed by atoms with Crippen LogP contribution in [0.5, 0.6) is 11.5 Å². The molecule has 1 aromatic carbocycles. The zero-order valence-corrected chi connectivity index (χ0v) is 17.7. The zero-order chi connectivity index (χ0) is 22.0. The van der Waals surface area contributed by atoms with Gasteiger partial charge in [-0.05, 0) is 19.3 Å². The molecule has 0 aliphatic carbocycles. The van der Waals surface area contributed by atoms with Crippen LogP contribution in [0, 0.1) is 0 Å². The summed E-state index contributed by atoms with van der Waals surface area (Å²) in [6.07, 6.45) is -1.97. The third kappa shape index (κ3) is 8.17.